The van der Waals surface area contributed by atoms with Gasteiger partial charge >= 0.3 is 0 Å². The average molecular weight is 384 g/mol. The van der Waals surface area contributed by atoms with Crippen LogP contribution in [0.5, 0.6) is 0 Å². The van der Waals surface area contributed by atoms with Gasteiger partial charge in [0.25, 0.3) is 0 Å². The van der Waals surface area contributed by atoms with Crippen LogP contribution < -0.4 is 5.73 Å². The number of thioether (sulfide) groups is 1. The van der Waals surface area contributed by atoms with Crippen LogP contribution in [0.25, 0.3) is 0 Å². The van der Waals surface area contributed by atoms with Crippen LogP contribution in [0.2, 0.25) is 0 Å². The maximum absolute atomic E-state index is 12.7. The van der Waals surface area contributed by atoms with Crippen molar-refractivity contribution in [2.75, 3.05) is 26.3 Å². The summed E-state index contributed by atoms with van der Waals surface area (Å²) in [6, 6.07) is 7.46. The third kappa shape index (κ3) is 4.97. The standard InChI is InChI=1S/C17H25N3O3S2/c18-17(19-15-5-1-2-6-15)24-13-14-4-3-7-16(12-14)25(21,22)20-8-10-23-11-9-20/h3-4,7,12,15H,1-2,5-6,8-11,13H2,(H2,18,19). The van der Waals surface area contributed by atoms with Gasteiger partial charge in [-0.3, -0.25) is 4.99 Å². The molecule has 1 aromatic carbocycles. The predicted octanol–water partition coefficient (Wildman–Crippen LogP) is 2.20. The molecule has 0 amide bonds. The van der Waals surface area contributed by atoms with Gasteiger partial charge in [0.1, 0.15) is 0 Å². The van der Waals surface area contributed by atoms with Gasteiger partial charge in [0.2, 0.25) is 10.0 Å². The number of rotatable bonds is 5. The zero-order chi connectivity index (χ0) is 17.7. The number of nitrogens with two attached hydrogens (primary N) is 1. The van der Waals surface area contributed by atoms with Crippen molar-refractivity contribution in [2.24, 2.45) is 10.7 Å². The quantitative estimate of drug-likeness (QED) is 0.622. The number of morpholine rings is 1. The lowest BCUT2D eigenvalue weighted by Gasteiger charge is -2.26. The monoisotopic (exact) mass is 383 g/mol. The van der Waals surface area contributed by atoms with E-state index in [1.54, 1.807) is 18.2 Å². The van der Waals surface area contributed by atoms with Gasteiger partial charge < -0.3 is 10.5 Å². The van der Waals surface area contributed by atoms with E-state index in [1.165, 1.54) is 28.9 Å². The summed E-state index contributed by atoms with van der Waals surface area (Å²) in [6.45, 7) is 1.70. The second-order valence-corrected chi connectivity index (χ2v) is 9.29. The zero-order valence-electron chi connectivity index (χ0n) is 14.3. The molecule has 2 N–H and O–H groups in total. The Hall–Kier alpha value is -1.09. The number of hydrogen-bond donors (Lipinski definition) is 1. The first-order valence-electron chi connectivity index (χ1n) is 8.68. The molecule has 1 heterocycles. The normalized spacial score (nSPS) is 20.9. The average Bonchev–Trinajstić information content (AvgIpc) is 3.14. The molecule has 1 aliphatic heterocycles. The SMILES string of the molecule is NC(=NC1CCCC1)SCc1cccc(S(=O)(=O)N2CCOCC2)c1. The Bertz CT molecular complexity index is 710. The molecule has 0 spiro atoms. The van der Waals surface area contributed by atoms with E-state index in [9.17, 15) is 8.42 Å². The van der Waals surface area contributed by atoms with E-state index in [0.717, 1.165) is 18.4 Å². The highest BCUT2D eigenvalue weighted by Crippen LogP contribution is 2.23. The first-order valence-corrected chi connectivity index (χ1v) is 11.1. The molecule has 2 fully saturated rings. The third-order valence-corrected chi connectivity index (χ3v) is 7.30. The second-order valence-electron chi connectivity index (χ2n) is 6.36. The van der Waals surface area contributed by atoms with Gasteiger partial charge in [-0.1, -0.05) is 36.7 Å². The van der Waals surface area contributed by atoms with Gasteiger partial charge in [-0.2, -0.15) is 4.31 Å². The molecule has 6 nitrogen and oxygen atoms in total. The fourth-order valence-electron chi connectivity index (χ4n) is 3.14. The number of hydrogen-bond acceptors (Lipinski definition) is 5. The van der Waals surface area contributed by atoms with E-state index >= 15 is 0 Å². The summed E-state index contributed by atoms with van der Waals surface area (Å²) in [4.78, 5) is 4.88. The number of benzene rings is 1. The Labute approximate surface area is 153 Å². The molecule has 0 bridgehead atoms. The molecule has 0 unspecified atom stereocenters. The van der Waals surface area contributed by atoms with Crippen molar-refractivity contribution in [1.29, 1.82) is 0 Å². The highest BCUT2D eigenvalue weighted by Gasteiger charge is 2.26. The molecule has 1 saturated carbocycles. The molecule has 25 heavy (non-hydrogen) atoms. The van der Waals surface area contributed by atoms with Crippen LogP contribution in [0.15, 0.2) is 34.2 Å². The summed E-state index contributed by atoms with van der Waals surface area (Å²) in [5.41, 5.74) is 6.95. The van der Waals surface area contributed by atoms with Crippen LogP contribution >= 0.6 is 11.8 Å². The number of ether oxygens (including phenoxy) is 1. The molecule has 1 aliphatic carbocycles. The fraction of sp³-hybridized carbons (Fsp3) is 0.588. The number of nitrogens with zero attached hydrogens (tertiary/aromatic N) is 2. The van der Waals surface area contributed by atoms with E-state index in [2.05, 4.69) is 4.99 Å². The van der Waals surface area contributed by atoms with Crippen LogP contribution in [0, 0.1) is 0 Å². The summed E-state index contributed by atoms with van der Waals surface area (Å²) in [5.74, 6) is 0.620. The Morgan fingerprint density at radius 1 is 1.28 bits per heavy atom. The van der Waals surface area contributed by atoms with Crippen molar-refractivity contribution in [3.05, 3.63) is 29.8 Å². The van der Waals surface area contributed by atoms with Gasteiger partial charge in [0.05, 0.1) is 24.2 Å². The van der Waals surface area contributed by atoms with Crippen molar-refractivity contribution >= 4 is 27.0 Å². The van der Waals surface area contributed by atoms with Crippen molar-refractivity contribution in [1.82, 2.24) is 4.31 Å². The van der Waals surface area contributed by atoms with Gasteiger partial charge in [0.15, 0.2) is 5.17 Å². The summed E-state index contributed by atoms with van der Waals surface area (Å²) in [5, 5.41) is 0.591. The highest BCUT2D eigenvalue weighted by molar-refractivity contribution is 8.13. The lowest BCUT2D eigenvalue weighted by Crippen LogP contribution is -2.40. The summed E-state index contributed by atoms with van der Waals surface area (Å²) in [6.07, 6.45) is 4.70. The number of sulfonamides is 1. The van der Waals surface area contributed by atoms with E-state index < -0.39 is 10.0 Å². The summed E-state index contributed by atoms with van der Waals surface area (Å²) >= 11 is 1.47. The smallest absolute Gasteiger partial charge is 0.243 e. The first kappa shape index (κ1) is 18.7. The Balaban J connectivity index is 1.64. The van der Waals surface area contributed by atoms with Gasteiger partial charge in [0, 0.05) is 18.8 Å². The van der Waals surface area contributed by atoms with Gasteiger partial charge in [-0.05, 0) is 30.5 Å². The molecule has 3 rings (SSSR count). The molecule has 0 radical (unpaired) electrons. The molecule has 1 saturated heterocycles. The van der Waals surface area contributed by atoms with Crippen LogP contribution in [0.4, 0.5) is 0 Å². The van der Waals surface area contributed by atoms with Gasteiger partial charge in [-0.15, -0.1) is 0 Å². The second kappa shape index (κ2) is 8.53. The van der Waals surface area contributed by atoms with E-state index in [1.807, 2.05) is 6.07 Å². The van der Waals surface area contributed by atoms with Crippen LogP contribution in [0.1, 0.15) is 31.2 Å². The minimum Gasteiger partial charge on any atom is -0.379 e. The third-order valence-electron chi connectivity index (χ3n) is 4.53. The van der Waals surface area contributed by atoms with E-state index in [0.29, 0.717) is 48.2 Å². The molecule has 0 aromatic heterocycles. The molecule has 138 valence electrons. The minimum absolute atomic E-state index is 0.332. The van der Waals surface area contributed by atoms with Crippen molar-refractivity contribution < 1.29 is 13.2 Å². The fourth-order valence-corrected chi connectivity index (χ4v) is 5.34. The summed E-state index contributed by atoms with van der Waals surface area (Å²) in [7, 11) is -3.46. The molecular weight excluding hydrogens is 358 g/mol. The summed E-state index contributed by atoms with van der Waals surface area (Å²) < 4.78 is 32.2. The Kier molecular flexibility index (Phi) is 6.38. The van der Waals surface area contributed by atoms with Crippen LogP contribution in [-0.4, -0.2) is 50.2 Å². The Morgan fingerprint density at radius 2 is 2.00 bits per heavy atom. The largest absolute Gasteiger partial charge is 0.379 e. The van der Waals surface area contributed by atoms with Crippen molar-refractivity contribution in [2.45, 2.75) is 42.4 Å². The minimum atomic E-state index is -3.46. The molecule has 1 aromatic rings. The van der Waals surface area contributed by atoms with Gasteiger partial charge in [-0.25, -0.2) is 8.42 Å². The Morgan fingerprint density at radius 3 is 2.72 bits per heavy atom. The predicted molar refractivity (Wildman–Crippen MR) is 101 cm³/mol. The van der Waals surface area contributed by atoms with E-state index in [-0.39, 0.29) is 0 Å². The lowest BCUT2D eigenvalue weighted by molar-refractivity contribution is 0.0730. The maximum atomic E-state index is 12.7. The lowest BCUT2D eigenvalue weighted by atomic mass is 10.2. The molecular formula is C17H25N3O3S2. The molecule has 8 heteroatoms. The van der Waals surface area contributed by atoms with E-state index in [4.69, 9.17) is 10.5 Å². The van der Waals surface area contributed by atoms with Crippen molar-refractivity contribution in [3.63, 3.8) is 0 Å². The number of amidine groups is 1. The first-order chi connectivity index (χ1) is 12.1. The van der Waals surface area contributed by atoms with Crippen molar-refractivity contribution in [3.8, 4) is 0 Å². The van der Waals surface area contributed by atoms with Crippen LogP contribution in [-0.2, 0) is 20.5 Å². The zero-order valence-corrected chi connectivity index (χ0v) is 15.9. The highest BCUT2D eigenvalue weighted by atomic mass is 32.2. The number of aliphatic imine (C=N–C) groups is 1. The molecule has 0 atom stereocenters. The van der Waals surface area contributed by atoms with Crippen LogP contribution in [0.3, 0.4) is 0 Å². The molecule has 2 aliphatic rings. The maximum Gasteiger partial charge on any atom is 0.243 e. The topological polar surface area (TPSA) is 85.0 Å².